The molecule has 13 heteroatoms. The van der Waals surface area contributed by atoms with E-state index in [9.17, 15) is 9.67 Å². The molecule has 5 aromatic rings. The van der Waals surface area contributed by atoms with Gasteiger partial charge >= 0.3 is 7.82 Å². The molecule has 2 N–H and O–H groups in total. The van der Waals surface area contributed by atoms with Crippen LogP contribution in [0.25, 0.3) is 11.2 Å². The summed E-state index contributed by atoms with van der Waals surface area (Å²) < 4.78 is 42.1. The van der Waals surface area contributed by atoms with Crippen LogP contribution < -0.4 is 10.1 Å². The Kier molecular flexibility index (Phi) is 7.65. The first-order valence-electron chi connectivity index (χ1n) is 14.4. The van der Waals surface area contributed by atoms with Crippen molar-refractivity contribution in [1.82, 2.24) is 19.5 Å². The van der Waals surface area contributed by atoms with E-state index in [1.165, 1.54) is 19.8 Å². The van der Waals surface area contributed by atoms with Crippen LogP contribution in [0.3, 0.4) is 0 Å². The first kappa shape index (κ1) is 29.5. The lowest BCUT2D eigenvalue weighted by Gasteiger charge is -2.37. The first-order valence-corrected chi connectivity index (χ1v) is 15.9. The quantitative estimate of drug-likeness (QED) is 0.176. The zero-order valence-electron chi connectivity index (χ0n) is 24.8. The molecule has 2 saturated heterocycles. The Hall–Kier alpha value is -4.16. The molecule has 12 nitrogen and oxygen atoms in total. The van der Waals surface area contributed by atoms with Crippen LogP contribution in [-0.2, 0) is 28.4 Å². The average Bonchev–Trinajstić information content (AvgIpc) is 3.66. The SMILES string of the molecule is COc1ccc(C(Nc2ncnc3c2ncn3C2OC3C(C)OP(=O)(OC)OC3C2O)(c2ccccc2)c2ccccc2)cc1. The standard InChI is InChI=1S/C32H32N5O7P/c1-20-27-28(44-45(39,41-3)43-20)26(38)31(42-27)37-19-35-25-29(33-18-34-30(25)37)36-32(21-10-6-4-7-11-21,22-12-8-5-9-13-22)23-14-16-24(40-2)17-15-23/h4-20,26-28,31,38H,1-3H3,(H,33,34,36). The van der Waals surface area contributed by atoms with E-state index in [-0.39, 0.29) is 0 Å². The molecule has 4 heterocycles. The summed E-state index contributed by atoms with van der Waals surface area (Å²) in [7, 11) is -0.969. The van der Waals surface area contributed by atoms with Crippen LogP contribution in [-0.4, -0.2) is 63.3 Å². The van der Waals surface area contributed by atoms with Crippen molar-refractivity contribution in [2.24, 2.45) is 0 Å². The Labute approximate surface area is 259 Å². The normalized spacial score (nSPS) is 26.4. The van der Waals surface area contributed by atoms with E-state index in [2.05, 4.69) is 44.5 Å². The van der Waals surface area contributed by atoms with Gasteiger partial charge in [-0.2, -0.15) is 0 Å². The number of hydrogen-bond donors (Lipinski definition) is 2. The summed E-state index contributed by atoms with van der Waals surface area (Å²) in [5.74, 6) is 1.20. The van der Waals surface area contributed by atoms with E-state index < -0.39 is 44.0 Å². The van der Waals surface area contributed by atoms with Crippen molar-refractivity contribution in [2.75, 3.05) is 19.5 Å². The highest BCUT2D eigenvalue weighted by atomic mass is 31.2. The number of anilines is 1. The summed E-state index contributed by atoms with van der Waals surface area (Å²) in [5, 5.41) is 15.0. The monoisotopic (exact) mass is 629 g/mol. The lowest BCUT2D eigenvalue weighted by atomic mass is 9.77. The minimum Gasteiger partial charge on any atom is -0.497 e. The molecule has 7 rings (SSSR count). The summed E-state index contributed by atoms with van der Waals surface area (Å²) in [5.41, 5.74) is 2.86. The van der Waals surface area contributed by atoms with Crippen LogP contribution in [0.5, 0.6) is 5.75 Å². The van der Waals surface area contributed by atoms with Crippen LogP contribution in [0, 0.1) is 0 Å². The Morgan fingerprint density at radius 2 is 1.51 bits per heavy atom. The minimum atomic E-state index is -3.84. The summed E-state index contributed by atoms with van der Waals surface area (Å²) in [6.07, 6.45) is -1.47. The number of imidazole rings is 1. The van der Waals surface area contributed by atoms with Crippen molar-refractivity contribution in [1.29, 1.82) is 0 Å². The molecule has 0 radical (unpaired) electrons. The highest BCUT2D eigenvalue weighted by Gasteiger charge is 2.56. The third-order valence-electron chi connectivity index (χ3n) is 8.36. The van der Waals surface area contributed by atoms with E-state index in [1.807, 2.05) is 60.7 Å². The third kappa shape index (κ3) is 5.00. The number of phosphoric acid groups is 1. The molecule has 0 aliphatic carbocycles. The van der Waals surface area contributed by atoms with Crippen molar-refractivity contribution < 1.29 is 32.7 Å². The number of nitrogens with one attached hydrogen (secondary N) is 1. The van der Waals surface area contributed by atoms with Crippen molar-refractivity contribution in [3.63, 3.8) is 0 Å². The summed E-state index contributed by atoms with van der Waals surface area (Å²) >= 11 is 0. The van der Waals surface area contributed by atoms with Crippen LogP contribution in [0.4, 0.5) is 5.82 Å². The molecule has 2 aromatic heterocycles. The summed E-state index contributed by atoms with van der Waals surface area (Å²) in [4.78, 5) is 13.9. The molecule has 6 atom stereocenters. The van der Waals surface area contributed by atoms with Gasteiger partial charge in [0.1, 0.15) is 35.9 Å². The second kappa shape index (κ2) is 11.6. The Morgan fingerprint density at radius 1 is 0.867 bits per heavy atom. The lowest BCUT2D eigenvalue weighted by molar-refractivity contribution is -0.101. The molecular formula is C32H32N5O7P. The number of ether oxygens (including phenoxy) is 2. The Balaban J connectivity index is 1.34. The second-order valence-corrected chi connectivity index (χ2v) is 12.6. The number of rotatable bonds is 8. The van der Waals surface area contributed by atoms with Crippen molar-refractivity contribution >= 4 is 24.8 Å². The van der Waals surface area contributed by atoms with Gasteiger partial charge in [-0.3, -0.25) is 18.1 Å². The van der Waals surface area contributed by atoms with Gasteiger partial charge in [0.25, 0.3) is 0 Å². The maximum Gasteiger partial charge on any atom is 0.475 e. The number of methoxy groups -OCH3 is 1. The van der Waals surface area contributed by atoms with Crippen LogP contribution in [0.15, 0.2) is 97.6 Å². The van der Waals surface area contributed by atoms with Gasteiger partial charge in [0.05, 0.1) is 19.5 Å². The molecule has 45 heavy (non-hydrogen) atoms. The van der Waals surface area contributed by atoms with Gasteiger partial charge < -0.3 is 19.9 Å². The van der Waals surface area contributed by atoms with Gasteiger partial charge in [0.2, 0.25) is 0 Å². The number of phosphoric ester groups is 1. The molecule has 0 saturated carbocycles. The van der Waals surface area contributed by atoms with Gasteiger partial charge in [-0.15, -0.1) is 0 Å². The van der Waals surface area contributed by atoms with Crippen LogP contribution in [0.2, 0.25) is 0 Å². The van der Waals surface area contributed by atoms with E-state index in [0.717, 1.165) is 22.4 Å². The van der Waals surface area contributed by atoms with E-state index in [1.54, 1.807) is 18.6 Å². The fourth-order valence-electron chi connectivity index (χ4n) is 6.17. The number of aliphatic hydroxyl groups excluding tert-OH is 1. The molecule has 2 aliphatic rings. The molecule has 2 aliphatic heterocycles. The van der Waals surface area contributed by atoms with E-state index >= 15 is 0 Å². The molecular weight excluding hydrogens is 597 g/mol. The lowest BCUT2D eigenvalue weighted by Crippen LogP contribution is -2.44. The fourth-order valence-corrected chi connectivity index (χ4v) is 7.46. The number of hydrogen-bond acceptors (Lipinski definition) is 11. The van der Waals surface area contributed by atoms with Gasteiger partial charge in [0, 0.05) is 7.11 Å². The molecule has 6 unspecified atom stereocenters. The number of aromatic nitrogens is 4. The number of aliphatic hydroxyl groups is 1. The zero-order chi connectivity index (χ0) is 31.2. The molecule has 0 amide bonds. The first-order chi connectivity index (χ1) is 21.9. The summed E-state index contributed by atoms with van der Waals surface area (Å²) in [6, 6.07) is 28.1. The topological polar surface area (TPSA) is 139 Å². The molecule has 0 bridgehead atoms. The van der Waals surface area contributed by atoms with Crippen molar-refractivity contribution in [2.45, 2.75) is 43.1 Å². The largest absolute Gasteiger partial charge is 0.497 e. The van der Waals surface area contributed by atoms with E-state index in [0.29, 0.717) is 17.0 Å². The fraction of sp³-hybridized carbons (Fsp3) is 0.281. The Bertz CT molecular complexity index is 1800. The number of nitrogens with zero attached hydrogens (tertiary/aromatic N) is 4. The Morgan fingerprint density at radius 3 is 2.13 bits per heavy atom. The highest BCUT2D eigenvalue weighted by molar-refractivity contribution is 7.48. The smallest absolute Gasteiger partial charge is 0.475 e. The van der Waals surface area contributed by atoms with E-state index in [4.69, 9.17) is 23.0 Å². The maximum absolute atomic E-state index is 12.8. The highest BCUT2D eigenvalue weighted by Crippen LogP contribution is 2.58. The predicted molar refractivity (Wildman–Crippen MR) is 165 cm³/mol. The summed E-state index contributed by atoms with van der Waals surface area (Å²) in [6.45, 7) is 1.70. The van der Waals surface area contributed by atoms with Gasteiger partial charge in [-0.1, -0.05) is 72.8 Å². The average molecular weight is 630 g/mol. The zero-order valence-corrected chi connectivity index (χ0v) is 25.7. The molecule has 2 fully saturated rings. The number of benzene rings is 3. The number of fused-ring (bicyclic) bond motifs is 2. The molecule has 232 valence electrons. The van der Waals surface area contributed by atoms with Gasteiger partial charge in [-0.05, 0) is 35.7 Å². The van der Waals surface area contributed by atoms with Crippen LogP contribution in [0.1, 0.15) is 29.8 Å². The predicted octanol–water partition coefficient (Wildman–Crippen LogP) is 5.06. The molecule has 0 spiro atoms. The van der Waals surface area contributed by atoms with Crippen molar-refractivity contribution in [3.05, 3.63) is 114 Å². The van der Waals surface area contributed by atoms with Gasteiger partial charge in [0.15, 0.2) is 23.2 Å². The molecule has 3 aromatic carbocycles. The van der Waals surface area contributed by atoms with Crippen LogP contribution >= 0.6 is 7.82 Å². The maximum atomic E-state index is 12.8. The second-order valence-electron chi connectivity index (χ2n) is 10.9. The minimum absolute atomic E-state index is 0.420. The van der Waals surface area contributed by atoms with Gasteiger partial charge in [-0.25, -0.2) is 19.5 Å². The third-order valence-corrected chi connectivity index (χ3v) is 9.90. The van der Waals surface area contributed by atoms with Crippen molar-refractivity contribution in [3.8, 4) is 5.75 Å².